The van der Waals surface area contributed by atoms with Crippen molar-refractivity contribution < 1.29 is 56.2 Å². The first-order chi connectivity index (χ1) is 18.4. The van der Waals surface area contributed by atoms with Gasteiger partial charge in [-0.2, -0.15) is 18.9 Å². The molecule has 0 radical (unpaired) electrons. The average molecular weight is 550 g/mol. The minimum Gasteiger partial charge on any atom is -0.362 e. The summed E-state index contributed by atoms with van der Waals surface area (Å²) in [6.45, 7) is 18.0. The first-order valence-corrected chi connectivity index (χ1v) is 13.2. The zero-order valence-electron chi connectivity index (χ0n) is 24.2. The predicted molar refractivity (Wildman–Crippen MR) is 160 cm³/mol. The molecule has 0 aliphatic heterocycles. The van der Waals surface area contributed by atoms with Gasteiger partial charge in [0, 0.05) is 35.8 Å². The second-order valence-corrected chi connectivity index (χ2v) is 9.48. The number of pyridine rings is 1. The van der Waals surface area contributed by atoms with Gasteiger partial charge >= 0.3 is 51.4 Å². The molecule has 0 saturated heterocycles. The van der Waals surface area contributed by atoms with Crippen LogP contribution in [-0.4, -0.2) is 45.6 Å². The Balaban J connectivity index is 0.00000127. The quantitative estimate of drug-likeness (QED) is 0.326. The molecule has 1 aliphatic rings. The van der Waals surface area contributed by atoms with Gasteiger partial charge in [-0.1, -0.05) is 35.4 Å². The fraction of sp³-hybridized carbons (Fsp3) is 0.312. The first-order valence-electron chi connectivity index (χ1n) is 13.2. The van der Waals surface area contributed by atoms with Crippen molar-refractivity contribution in [2.75, 3.05) is 25.0 Å². The molecule has 202 valence electrons. The van der Waals surface area contributed by atoms with Gasteiger partial charge in [-0.05, 0) is 56.0 Å². The largest absolute Gasteiger partial charge is 1.00 e. The Morgan fingerprint density at radius 2 is 1.87 bits per heavy atom. The van der Waals surface area contributed by atoms with Crippen LogP contribution in [0.1, 0.15) is 52.7 Å². The van der Waals surface area contributed by atoms with Crippen molar-refractivity contribution in [3.8, 4) is 11.1 Å². The molecule has 0 fully saturated rings. The van der Waals surface area contributed by atoms with E-state index in [0.717, 1.165) is 46.3 Å². The van der Waals surface area contributed by atoms with E-state index < -0.39 is 0 Å². The molecule has 1 aliphatic carbocycles. The summed E-state index contributed by atoms with van der Waals surface area (Å²) in [5.74, 6) is -0.0339. The number of nitrogens with one attached hydrogen (secondary N) is 2. The molecular weight excluding hydrogens is 509 g/mol. The minimum atomic E-state index is -0.0339. The number of rotatable bonds is 8. The molecular formula is C32H40KN5O-2. The van der Waals surface area contributed by atoms with Gasteiger partial charge in [0.2, 0.25) is 5.91 Å². The number of carbonyl (C=O) groups excluding carboxylic acids is 1. The van der Waals surface area contributed by atoms with Crippen LogP contribution < -0.4 is 56.7 Å². The van der Waals surface area contributed by atoms with Crippen molar-refractivity contribution in [3.05, 3.63) is 92.0 Å². The van der Waals surface area contributed by atoms with Crippen molar-refractivity contribution in [1.82, 2.24) is 20.1 Å². The van der Waals surface area contributed by atoms with Gasteiger partial charge in [-0.3, -0.25) is 14.9 Å². The second-order valence-electron chi connectivity index (χ2n) is 9.48. The molecule has 0 spiro atoms. The Hall–Kier alpha value is -1.87. The van der Waals surface area contributed by atoms with E-state index in [1.54, 1.807) is 0 Å². The van der Waals surface area contributed by atoms with E-state index in [0.29, 0.717) is 26.1 Å². The smallest absolute Gasteiger partial charge is 0.362 e. The van der Waals surface area contributed by atoms with Gasteiger partial charge in [0.05, 0.1) is 17.4 Å². The van der Waals surface area contributed by atoms with E-state index in [-0.39, 0.29) is 57.3 Å². The number of amides is 1. The zero-order chi connectivity index (χ0) is 27.5. The molecule has 39 heavy (non-hydrogen) atoms. The molecule has 2 heterocycles. The Kier molecular flexibility index (Phi) is 14.6. The number of aromatic nitrogens is 3. The van der Waals surface area contributed by atoms with Gasteiger partial charge in [0.1, 0.15) is 0 Å². The van der Waals surface area contributed by atoms with Crippen LogP contribution in [-0.2, 0) is 4.79 Å². The maximum atomic E-state index is 12.4. The van der Waals surface area contributed by atoms with Crippen LogP contribution in [0, 0.1) is 20.3 Å². The van der Waals surface area contributed by atoms with E-state index >= 15 is 0 Å². The predicted octanol–water partition coefficient (Wildman–Crippen LogP) is 4.23. The van der Waals surface area contributed by atoms with Crippen molar-refractivity contribution in [1.29, 1.82) is 0 Å². The van der Waals surface area contributed by atoms with Crippen molar-refractivity contribution in [2.45, 2.75) is 47.0 Å². The van der Waals surface area contributed by atoms with E-state index in [9.17, 15) is 4.79 Å². The van der Waals surface area contributed by atoms with Crippen molar-refractivity contribution in [2.24, 2.45) is 0 Å². The molecule has 2 aromatic heterocycles. The summed E-state index contributed by atoms with van der Waals surface area (Å²) in [5, 5.41) is 11.6. The van der Waals surface area contributed by atoms with Gasteiger partial charge in [0.25, 0.3) is 0 Å². The Morgan fingerprint density at radius 1 is 1.13 bits per heavy atom. The molecule has 0 atom stereocenters. The van der Waals surface area contributed by atoms with Crippen LogP contribution in [0.3, 0.4) is 0 Å². The van der Waals surface area contributed by atoms with Gasteiger partial charge in [0.15, 0.2) is 0 Å². The van der Waals surface area contributed by atoms with Crippen molar-refractivity contribution in [3.63, 3.8) is 0 Å². The molecule has 7 heteroatoms. The number of anilines is 1. The number of H-pyrrole nitrogens is 1. The number of carbonyl (C=O) groups is 1. The molecule has 1 aromatic carbocycles. The number of aromatic amines is 1. The second kappa shape index (κ2) is 17.1. The van der Waals surface area contributed by atoms with E-state index in [1.165, 1.54) is 16.7 Å². The summed E-state index contributed by atoms with van der Waals surface area (Å²) in [5.41, 5.74) is 8.67. The third kappa shape index (κ3) is 9.34. The summed E-state index contributed by atoms with van der Waals surface area (Å²) in [7, 11) is 0. The maximum absolute atomic E-state index is 12.4. The zero-order valence-corrected chi connectivity index (χ0v) is 27.3. The first kappa shape index (κ1) is 33.3. The van der Waals surface area contributed by atoms with Gasteiger partial charge < -0.3 is 30.5 Å². The maximum Gasteiger partial charge on any atom is 1.00 e. The van der Waals surface area contributed by atoms with E-state index in [2.05, 4.69) is 66.4 Å². The molecule has 6 nitrogen and oxygen atoms in total. The molecule has 2 N–H and O–H groups in total. The molecule has 4 rings (SSSR count). The SMILES string of the molecule is C[CH-]C.[CH2-]CN(C[CH2-])CCC(=O)Nc1ccc2c(-c3cn[nH]c3/C3=C/C=C\C(C)=C(/C)CC3)ccnc2c1.[K+]. The summed E-state index contributed by atoms with van der Waals surface area (Å²) < 4.78 is 0. The summed E-state index contributed by atoms with van der Waals surface area (Å²) in [6, 6.07) is 7.90. The van der Waals surface area contributed by atoms with E-state index in [4.69, 9.17) is 0 Å². The molecule has 1 amide bonds. The number of hydrogen-bond donors (Lipinski definition) is 2. The van der Waals surface area contributed by atoms with Gasteiger partial charge in [-0.15, -0.1) is 13.1 Å². The number of nitrogens with zero attached hydrogens (tertiary/aromatic N) is 3. The van der Waals surface area contributed by atoms with E-state index in [1.807, 2.05) is 61.8 Å². The van der Waals surface area contributed by atoms with Crippen LogP contribution >= 0.6 is 0 Å². The third-order valence-electron chi connectivity index (χ3n) is 6.65. The average Bonchev–Trinajstić information content (AvgIpc) is 3.39. The molecule has 0 bridgehead atoms. The topological polar surface area (TPSA) is 73.9 Å². The van der Waals surface area contributed by atoms with Crippen LogP contribution in [0.4, 0.5) is 5.69 Å². The molecule has 0 saturated carbocycles. The number of hydrogen-bond acceptors (Lipinski definition) is 4. The van der Waals surface area contributed by atoms with Crippen molar-refractivity contribution >= 4 is 28.1 Å². The number of benzene rings is 1. The van der Waals surface area contributed by atoms with Crippen LogP contribution in [0.25, 0.3) is 27.6 Å². The van der Waals surface area contributed by atoms with Crippen LogP contribution in [0.15, 0.2) is 66.0 Å². The van der Waals surface area contributed by atoms with Gasteiger partial charge in [-0.25, -0.2) is 0 Å². The summed E-state index contributed by atoms with van der Waals surface area (Å²) in [6.07, 6.45) is 14.5. The summed E-state index contributed by atoms with van der Waals surface area (Å²) >= 11 is 0. The fourth-order valence-corrected chi connectivity index (χ4v) is 4.28. The third-order valence-corrected chi connectivity index (χ3v) is 6.65. The Morgan fingerprint density at radius 3 is 2.59 bits per heavy atom. The Bertz CT molecular complexity index is 1320. The minimum absolute atomic E-state index is 0. The Labute approximate surface area is 276 Å². The number of fused-ring (bicyclic) bond motifs is 1. The van der Waals surface area contributed by atoms with Crippen LogP contribution in [0.5, 0.6) is 0 Å². The summed E-state index contributed by atoms with van der Waals surface area (Å²) in [4.78, 5) is 19.0. The molecule has 3 aromatic rings. The fourth-order valence-electron chi connectivity index (χ4n) is 4.28. The number of allylic oxidation sites excluding steroid dienone is 6. The van der Waals surface area contributed by atoms with Crippen LogP contribution in [0.2, 0.25) is 0 Å². The monoisotopic (exact) mass is 549 g/mol. The standard InChI is InChI=1S/C29H33N5O.C3H7.K/c1-5-34(6-2)17-15-28(35)32-23-12-13-25-24(14-16-30-27(25)18-23)26-19-31-33-29(26)22-9-7-8-20(3)21(4)10-11-22;1-3-2;/h7-9,12-14,16,18-19H,1-2,5-6,10-11,15,17H2,3-4H3,(H,31,33)(H,32,35);3H,1-2H3;/q-2;-1;+1/b8-7-,21-20+,22-9+;;. The molecule has 0 unspecified atom stereocenters. The normalized spacial score (nSPS) is 17.3.